The summed E-state index contributed by atoms with van der Waals surface area (Å²) < 4.78 is 3.11. The first-order valence-electron chi connectivity index (χ1n) is 4.62. The number of halogens is 1. The summed E-state index contributed by atoms with van der Waals surface area (Å²) in [4.78, 5) is 5.35. The van der Waals surface area contributed by atoms with Gasteiger partial charge in [-0.2, -0.15) is 0 Å². The van der Waals surface area contributed by atoms with Crippen molar-refractivity contribution in [2.45, 2.75) is 12.5 Å². The van der Waals surface area contributed by atoms with Crippen LogP contribution in [-0.2, 0) is 13.5 Å². The summed E-state index contributed by atoms with van der Waals surface area (Å²) >= 11 is 5.23. The van der Waals surface area contributed by atoms with Gasteiger partial charge in [0.2, 0.25) is 0 Å². The molecular weight excluding hydrogens is 274 g/mol. The van der Waals surface area contributed by atoms with E-state index in [9.17, 15) is 0 Å². The second-order valence-corrected chi connectivity index (χ2v) is 5.29. The Morgan fingerprint density at radius 1 is 1.67 bits per heavy atom. The summed E-state index contributed by atoms with van der Waals surface area (Å²) in [6, 6.07) is 2.06. The molecule has 2 aromatic rings. The van der Waals surface area contributed by atoms with Gasteiger partial charge in [0.15, 0.2) is 0 Å². The molecule has 0 amide bonds. The minimum absolute atomic E-state index is 0.00690. The van der Waals surface area contributed by atoms with Gasteiger partial charge in [0.05, 0.1) is 18.1 Å². The van der Waals surface area contributed by atoms with E-state index in [1.165, 1.54) is 4.88 Å². The van der Waals surface area contributed by atoms with Gasteiger partial charge >= 0.3 is 0 Å². The zero-order valence-electron chi connectivity index (χ0n) is 8.35. The summed E-state index contributed by atoms with van der Waals surface area (Å²) in [5, 5.41) is 2.06. The van der Waals surface area contributed by atoms with E-state index in [1.807, 2.05) is 17.8 Å². The van der Waals surface area contributed by atoms with Crippen molar-refractivity contribution in [3.63, 3.8) is 0 Å². The van der Waals surface area contributed by atoms with Gasteiger partial charge < -0.3 is 10.3 Å². The number of hydrogen-bond acceptors (Lipinski definition) is 3. The van der Waals surface area contributed by atoms with E-state index in [-0.39, 0.29) is 6.04 Å². The third kappa shape index (κ3) is 2.30. The van der Waals surface area contributed by atoms with Crippen LogP contribution in [0.5, 0.6) is 0 Å². The molecule has 80 valence electrons. The van der Waals surface area contributed by atoms with Crippen LogP contribution < -0.4 is 5.73 Å². The maximum Gasteiger partial charge on any atom is 0.0946 e. The molecule has 2 heterocycles. The van der Waals surface area contributed by atoms with Crippen molar-refractivity contribution in [3.8, 4) is 0 Å². The lowest BCUT2D eigenvalue weighted by Gasteiger charge is -2.11. The molecule has 0 bridgehead atoms. The standard InChI is InChI=1S/C10H12BrN3S/c1-14-6-13-5-9(14)8(12)4-10-7(11)2-3-15-10/h2-3,5-6,8H,4,12H2,1H3. The average Bonchev–Trinajstić information content (AvgIpc) is 2.76. The Morgan fingerprint density at radius 2 is 2.47 bits per heavy atom. The van der Waals surface area contributed by atoms with E-state index >= 15 is 0 Å². The second-order valence-electron chi connectivity index (χ2n) is 3.43. The van der Waals surface area contributed by atoms with E-state index in [1.54, 1.807) is 17.7 Å². The van der Waals surface area contributed by atoms with Crippen LogP contribution >= 0.6 is 27.3 Å². The van der Waals surface area contributed by atoms with Gasteiger partial charge in [-0.05, 0) is 27.4 Å². The van der Waals surface area contributed by atoms with Gasteiger partial charge in [-0.1, -0.05) is 0 Å². The quantitative estimate of drug-likeness (QED) is 0.942. The molecule has 0 fully saturated rings. The third-order valence-corrected chi connectivity index (χ3v) is 4.28. The first kappa shape index (κ1) is 10.9. The number of nitrogens with zero attached hydrogens (tertiary/aromatic N) is 2. The molecule has 0 radical (unpaired) electrons. The average molecular weight is 286 g/mol. The number of aryl methyl sites for hydroxylation is 1. The van der Waals surface area contributed by atoms with Crippen molar-refractivity contribution in [2.75, 3.05) is 0 Å². The molecule has 5 heteroatoms. The van der Waals surface area contributed by atoms with Gasteiger partial charge in [-0.15, -0.1) is 11.3 Å². The highest BCUT2D eigenvalue weighted by molar-refractivity contribution is 9.10. The fraction of sp³-hybridized carbons (Fsp3) is 0.300. The van der Waals surface area contributed by atoms with Gasteiger partial charge in [0.25, 0.3) is 0 Å². The Morgan fingerprint density at radius 3 is 3.00 bits per heavy atom. The van der Waals surface area contributed by atoms with Crippen LogP contribution in [0, 0.1) is 0 Å². The van der Waals surface area contributed by atoms with E-state index in [0.717, 1.165) is 16.6 Å². The van der Waals surface area contributed by atoms with Crippen LogP contribution in [0.15, 0.2) is 28.4 Å². The number of hydrogen-bond donors (Lipinski definition) is 1. The summed E-state index contributed by atoms with van der Waals surface area (Å²) in [7, 11) is 1.96. The van der Waals surface area contributed by atoms with Gasteiger partial charge in [-0.25, -0.2) is 4.98 Å². The summed E-state index contributed by atoms with van der Waals surface area (Å²) in [5.74, 6) is 0. The van der Waals surface area contributed by atoms with Crippen LogP contribution in [0.25, 0.3) is 0 Å². The van der Waals surface area contributed by atoms with E-state index < -0.39 is 0 Å². The molecule has 0 aliphatic heterocycles. The van der Waals surface area contributed by atoms with Crippen molar-refractivity contribution in [3.05, 3.63) is 39.0 Å². The molecule has 2 N–H and O–H groups in total. The Labute approximate surface area is 101 Å². The Hall–Kier alpha value is -0.650. The molecule has 0 aliphatic rings. The maximum atomic E-state index is 6.13. The lowest BCUT2D eigenvalue weighted by Crippen LogP contribution is -2.16. The van der Waals surface area contributed by atoms with E-state index in [4.69, 9.17) is 5.73 Å². The highest BCUT2D eigenvalue weighted by atomic mass is 79.9. The molecule has 0 aliphatic carbocycles. The van der Waals surface area contributed by atoms with E-state index in [0.29, 0.717) is 0 Å². The molecule has 0 saturated heterocycles. The molecule has 2 aromatic heterocycles. The van der Waals surface area contributed by atoms with Crippen LogP contribution in [0.2, 0.25) is 0 Å². The molecule has 0 spiro atoms. The zero-order chi connectivity index (χ0) is 10.8. The molecule has 1 unspecified atom stereocenters. The Balaban J connectivity index is 2.14. The van der Waals surface area contributed by atoms with Crippen molar-refractivity contribution in [2.24, 2.45) is 12.8 Å². The maximum absolute atomic E-state index is 6.13. The molecule has 0 saturated carbocycles. The number of nitrogens with two attached hydrogens (primary N) is 1. The highest BCUT2D eigenvalue weighted by Crippen LogP contribution is 2.26. The minimum Gasteiger partial charge on any atom is -0.336 e. The predicted molar refractivity (Wildman–Crippen MR) is 65.9 cm³/mol. The van der Waals surface area contributed by atoms with Gasteiger partial charge in [-0.3, -0.25) is 0 Å². The van der Waals surface area contributed by atoms with Crippen molar-refractivity contribution >= 4 is 27.3 Å². The largest absolute Gasteiger partial charge is 0.336 e. The van der Waals surface area contributed by atoms with Crippen molar-refractivity contribution in [1.29, 1.82) is 0 Å². The van der Waals surface area contributed by atoms with Crippen LogP contribution in [0.3, 0.4) is 0 Å². The van der Waals surface area contributed by atoms with Gasteiger partial charge in [0, 0.05) is 29.0 Å². The lowest BCUT2D eigenvalue weighted by molar-refractivity contribution is 0.660. The van der Waals surface area contributed by atoms with Crippen LogP contribution in [0.1, 0.15) is 16.6 Å². The first-order chi connectivity index (χ1) is 7.18. The normalized spacial score (nSPS) is 13.0. The number of rotatable bonds is 3. The third-order valence-electron chi connectivity index (χ3n) is 2.33. The number of thiophene rings is 1. The second kappa shape index (κ2) is 4.47. The highest BCUT2D eigenvalue weighted by Gasteiger charge is 2.12. The predicted octanol–water partition coefficient (Wildman–Crippen LogP) is 2.49. The fourth-order valence-electron chi connectivity index (χ4n) is 1.50. The summed E-state index contributed by atoms with van der Waals surface area (Å²) in [6.07, 6.45) is 4.45. The molecule has 15 heavy (non-hydrogen) atoms. The fourth-order valence-corrected chi connectivity index (χ4v) is 3.07. The van der Waals surface area contributed by atoms with Crippen LogP contribution in [-0.4, -0.2) is 9.55 Å². The molecule has 1 atom stereocenters. The minimum atomic E-state index is 0.00690. The summed E-state index contributed by atoms with van der Waals surface area (Å²) in [5.41, 5.74) is 7.19. The SMILES string of the molecule is Cn1cncc1C(N)Cc1sccc1Br. The Kier molecular flexibility index (Phi) is 3.23. The summed E-state index contributed by atoms with van der Waals surface area (Å²) in [6.45, 7) is 0. The lowest BCUT2D eigenvalue weighted by atomic mass is 10.1. The van der Waals surface area contributed by atoms with Crippen LogP contribution in [0.4, 0.5) is 0 Å². The number of imidazole rings is 1. The monoisotopic (exact) mass is 285 g/mol. The zero-order valence-corrected chi connectivity index (χ0v) is 10.8. The first-order valence-corrected chi connectivity index (χ1v) is 6.29. The smallest absolute Gasteiger partial charge is 0.0946 e. The van der Waals surface area contributed by atoms with E-state index in [2.05, 4.69) is 32.4 Å². The molecule has 3 nitrogen and oxygen atoms in total. The topological polar surface area (TPSA) is 43.8 Å². The van der Waals surface area contributed by atoms with Crippen molar-refractivity contribution < 1.29 is 0 Å². The molecular formula is C10H12BrN3S. The molecule has 2 rings (SSSR count). The number of aromatic nitrogens is 2. The Bertz CT molecular complexity index is 449. The van der Waals surface area contributed by atoms with Crippen molar-refractivity contribution in [1.82, 2.24) is 9.55 Å². The van der Waals surface area contributed by atoms with Gasteiger partial charge in [0.1, 0.15) is 0 Å². The molecule has 0 aromatic carbocycles.